The molecule has 106 valence electrons. The molecule has 1 atom stereocenters. The van der Waals surface area contributed by atoms with Gasteiger partial charge in [0.2, 0.25) is 0 Å². The first-order valence-corrected chi connectivity index (χ1v) is 6.83. The molecule has 6 heteroatoms. The molecule has 0 spiro atoms. The third kappa shape index (κ3) is 4.65. The monoisotopic (exact) mass is 265 g/mol. The lowest BCUT2D eigenvalue weighted by Gasteiger charge is -2.14. The van der Waals surface area contributed by atoms with Crippen LogP contribution in [-0.2, 0) is 4.74 Å². The molecule has 1 aromatic rings. The number of aryl methyl sites for hydroxylation is 1. The van der Waals surface area contributed by atoms with Crippen LogP contribution in [0.5, 0.6) is 0 Å². The van der Waals surface area contributed by atoms with Crippen LogP contribution in [-0.4, -0.2) is 49.4 Å². The Balaban J connectivity index is 1.90. The fraction of sp³-hybridized carbons (Fsp3) is 0.692. The van der Waals surface area contributed by atoms with Crippen LogP contribution in [0.2, 0.25) is 0 Å². The Morgan fingerprint density at radius 1 is 1.42 bits per heavy atom. The molecular weight excluding hydrogens is 242 g/mol. The van der Waals surface area contributed by atoms with Crippen molar-refractivity contribution in [2.45, 2.75) is 25.8 Å². The van der Waals surface area contributed by atoms with Crippen LogP contribution in [0.3, 0.4) is 0 Å². The quantitative estimate of drug-likeness (QED) is 0.639. The second-order valence-electron chi connectivity index (χ2n) is 4.79. The average molecular weight is 265 g/mol. The molecule has 1 aromatic heterocycles. The van der Waals surface area contributed by atoms with Gasteiger partial charge in [0.1, 0.15) is 17.5 Å². The fourth-order valence-electron chi connectivity index (χ4n) is 2.15. The van der Waals surface area contributed by atoms with Crippen LogP contribution in [0.4, 0.5) is 11.6 Å². The summed E-state index contributed by atoms with van der Waals surface area (Å²) in [6.07, 6.45) is 2.11. The molecular formula is C13H23N5O. The highest BCUT2D eigenvalue weighted by Gasteiger charge is 2.14. The van der Waals surface area contributed by atoms with Gasteiger partial charge in [0, 0.05) is 38.9 Å². The van der Waals surface area contributed by atoms with Crippen LogP contribution in [0, 0.1) is 6.92 Å². The molecule has 0 saturated carbocycles. The molecule has 3 N–H and O–H groups in total. The Hall–Kier alpha value is -1.40. The molecule has 1 aliphatic heterocycles. The van der Waals surface area contributed by atoms with Crippen LogP contribution in [0.1, 0.15) is 18.7 Å². The van der Waals surface area contributed by atoms with Gasteiger partial charge < -0.3 is 20.7 Å². The van der Waals surface area contributed by atoms with Crippen molar-refractivity contribution in [2.24, 2.45) is 0 Å². The number of nitrogens with one attached hydrogen (secondary N) is 3. The summed E-state index contributed by atoms with van der Waals surface area (Å²) in [5, 5.41) is 10.1. The van der Waals surface area contributed by atoms with Crippen molar-refractivity contribution in [3.8, 4) is 0 Å². The Bertz CT molecular complexity index is 393. The summed E-state index contributed by atoms with van der Waals surface area (Å²) < 4.78 is 5.02. The van der Waals surface area contributed by atoms with Crippen LogP contribution in [0.15, 0.2) is 6.07 Å². The second kappa shape index (κ2) is 7.25. The number of hydrogen-bond acceptors (Lipinski definition) is 6. The fourth-order valence-corrected chi connectivity index (χ4v) is 2.15. The highest BCUT2D eigenvalue weighted by atomic mass is 16.5. The van der Waals surface area contributed by atoms with E-state index in [1.807, 2.05) is 13.0 Å². The van der Waals surface area contributed by atoms with Crippen molar-refractivity contribution in [2.75, 3.05) is 44.0 Å². The number of rotatable bonds is 7. The predicted octanol–water partition coefficient (Wildman–Crippen LogP) is 1.01. The predicted molar refractivity (Wildman–Crippen MR) is 76.6 cm³/mol. The van der Waals surface area contributed by atoms with Gasteiger partial charge in [-0.05, 0) is 26.3 Å². The number of methoxy groups -OCH3 is 1. The first-order valence-electron chi connectivity index (χ1n) is 6.83. The third-order valence-electron chi connectivity index (χ3n) is 3.08. The van der Waals surface area contributed by atoms with Gasteiger partial charge in [0.05, 0.1) is 0 Å². The molecule has 6 nitrogen and oxygen atoms in total. The van der Waals surface area contributed by atoms with Gasteiger partial charge in [-0.3, -0.25) is 0 Å². The maximum atomic E-state index is 5.02. The molecule has 0 radical (unpaired) electrons. The summed E-state index contributed by atoms with van der Waals surface area (Å²) >= 11 is 0. The normalized spacial score (nSPS) is 18.5. The van der Waals surface area contributed by atoms with Crippen LogP contribution >= 0.6 is 0 Å². The number of nitrogens with zero attached hydrogens (tertiary/aromatic N) is 2. The van der Waals surface area contributed by atoms with E-state index in [0.717, 1.165) is 56.5 Å². The van der Waals surface area contributed by atoms with Crippen molar-refractivity contribution >= 4 is 11.6 Å². The van der Waals surface area contributed by atoms with E-state index < -0.39 is 0 Å². The highest BCUT2D eigenvalue weighted by Crippen LogP contribution is 2.14. The van der Waals surface area contributed by atoms with E-state index in [-0.39, 0.29) is 0 Å². The third-order valence-corrected chi connectivity index (χ3v) is 3.08. The lowest BCUT2D eigenvalue weighted by molar-refractivity contribution is 0.198. The molecule has 0 bridgehead atoms. The number of anilines is 2. The first-order chi connectivity index (χ1) is 9.28. The molecule has 0 amide bonds. The van der Waals surface area contributed by atoms with E-state index in [1.165, 1.54) is 0 Å². The van der Waals surface area contributed by atoms with E-state index in [0.29, 0.717) is 6.04 Å². The Kier molecular flexibility index (Phi) is 5.35. The zero-order valence-corrected chi connectivity index (χ0v) is 11.7. The molecule has 1 aliphatic rings. The maximum Gasteiger partial charge on any atom is 0.132 e. The molecule has 2 heterocycles. The Morgan fingerprint density at radius 2 is 2.26 bits per heavy atom. The minimum absolute atomic E-state index is 0.468. The van der Waals surface area contributed by atoms with E-state index in [1.54, 1.807) is 7.11 Å². The summed E-state index contributed by atoms with van der Waals surface area (Å²) in [7, 11) is 1.71. The van der Waals surface area contributed by atoms with Crippen LogP contribution in [0.25, 0.3) is 0 Å². The van der Waals surface area contributed by atoms with Gasteiger partial charge >= 0.3 is 0 Å². The molecule has 19 heavy (non-hydrogen) atoms. The van der Waals surface area contributed by atoms with E-state index in [2.05, 4.69) is 25.9 Å². The SMILES string of the molecule is COCCCNc1cc(NC2CCNC2)nc(C)n1. The first kappa shape index (κ1) is 14.0. The molecule has 0 aromatic carbocycles. The standard InChI is InChI=1S/C13H23N5O/c1-10-16-12(15-5-3-7-19-2)8-13(17-10)18-11-4-6-14-9-11/h8,11,14H,3-7,9H2,1-2H3,(H2,15,16,17,18). The summed E-state index contributed by atoms with van der Waals surface area (Å²) in [5.74, 6) is 2.55. The van der Waals surface area contributed by atoms with Gasteiger partial charge in [-0.15, -0.1) is 0 Å². The van der Waals surface area contributed by atoms with E-state index >= 15 is 0 Å². The minimum Gasteiger partial charge on any atom is -0.385 e. The van der Waals surface area contributed by atoms with E-state index in [4.69, 9.17) is 4.74 Å². The van der Waals surface area contributed by atoms with Crippen molar-refractivity contribution in [3.05, 3.63) is 11.9 Å². The minimum atomic E-state index is 0.468. The summed E-state index contributed by atoms with van der Waals surface area (Å²) in [6, 6.07) is 2.44. The topological polar surface area (TPSA) is 71.1 Å². The van der Waals surface area contributed by atoms with Gasteiger partial charge in [-0.2, -0.15) is 0 Å². The summed E-state index contributed by atoms with van der Waals surface area (Å²) in [5.41, 5.74) is 0. The molecule has 0 aliphatic carbocycles. The summed E-state index contributed by atoms with van der Waals surface area (Å²) in [6.45, 7) is 5.60. The largest absolute Gasteiger partial charge is 0.385 e. The average Bonchev–Trinajstić information content (AvgIpc) is 2.87. The van der Waals surface area contributed by atoms with Gasteiger partial charge in [0.25, 0.3) is 0 Å². The highest BCUT2D eigenvalue weighted by molar-refractivity contribution is 5.48. The molecule has 1 saturated heterocycles. The molecule has 1 fully saturated rings. The summed E-state index contributed by atoms with van der Waals surface area (Å²) in [4.78, 5) is 8.81. The Labute approximate surface area is 114 Å². The van der Waals surface area contributed by atoms with Crippen molar-refractivity contribution in [1.29, 1.82) is 0 Å². The van der Waals surface area contributed by atoms with Gasteiger partial charge in [0.15, 0.2) is 0 Å². The van der Waals surface area contributed by atoms with Crippen LogP contribution < -0.4 is 16.0 Å². The van der Waals surface area contributed by atoms with Crippen molar-refractivity contribution < 1.29 is 4.74 Å². The number of aromatic nitrogens is 2. The zero-order valence-electron chi connectivity index (χ0n) is 11.7. The molecule has 1 unspecified atom stereocenters. The molecule has 2 rings (SSSR count). The van der Waals surface area contributed by atoms with E-state index in [9.17, 15) is 0 Å². The van der Waals surface area contributed by atoms with Crippen molar-refractivity contribution in [3.63, 3.8) is 0 Å². The van der Waals surface area contributed by atoms with Gasteiger partial charge in [-0.25, -0.2) is 9.97 Å². The lowest BCUT2D eigenvalue weighted by Crippen LogP contribution is -2.23. The second-order valence-corrected chi connectivity index (χ2v) is 4.79. The maximum absolute atomic E-state index is 5.02. The zero-order chi connectivity index (χ0) is 13.5. The lowest BCUT2D eigenvalue weighted by atomic mass is 10.2. The van der Waals surface area contributed by atoms with Gasteiger partial charge in [-0.1, -0.05) is 0 Å². The van der Waals surface area contributed by atoms with Crippen molar-refractivity contribution in [1.82, 2.24) is 15.3 Å². The smallest absolute Gasteiger partial charge is 0.132 e. The number of hydrogen-bond donors (Lipinski definition) is 3. The Morgan fingerprint density at radius 3 is 3.00 bits per heavy atom. The number of ether oxygens (including phenoxy) is 1.